The van der Waals surface area contributed by atoms with Crippen molar-refractivity contribution in [3.63, 3.8) is 0 Å². The van der Waals surface area contributed by atoms with Crippen LogP contribution < -0.4 is 0 Å². The number of rotatable bonds is 5. The van der Waals surface area contributed by atoms with Crippen molar-refractivity contribution >= 4 is 23.1 Å². The van der Waals surface area contributed by atoms with Crippen molar-refractivity contribution in [3.8, 4) is 6.07 Å². The Morgan fingerprint density at radius 2 is 2.39 bits per heavy atom. The van der Waals surface area contributed by atoms with Crippen LogP contribution in [0.15, 0.2) is 39.3 Å². The fraction of sp³-hybridized carbons (Fsp3) is 0.308. The zero-order chi connectivity index (χ0) is 12.8. The molecule has 2 rings (SSSR count). The van der Waals surface area contributed by atoms with Crippen LogP contribution in [0, 0.1) is 11.3 Å². The zero-order valence-corrected chi connectivity index (χ0v) is 11.7. The maximum absolute atomic E-state index is 8.82. The summed E-state index contributed by atoms with van der Waals surface area (Å²) in [6.07, 6.45) is 7.01. The Morgan fingerprint density at radius 1 is 1.50 bits per heavy atom. The highest BCUT2D eigenvalue weighted by atomic mass is 32.2. The molecule has 0 aliphatic carbocycles. The number of nitriles is 1. The Labute approximate surface area is 115 Å². The maximum atomic E-state index is 8.82. The Balaban J connectivity index is 2.16. The number of thiazole rings is 1. The van der Waals surface area contributed by atoms with E-state index in [2.05, 4.69) is 29.0 Å². The van der Waals surface area contributed by atoms with Crippen molar-refractivity contribution in [1.82, 2.24) is 9.97 Å². The van der Waals surface area contributed by atoms with E-state index in [1.807, 2.05) is 17.8 Å². The van der Waals surface area contributed by atoms with Gasteiger partial charge in [0.2, 0.25) is 0 Å². The van der Waals surface area contributed by atoms with Crippen LogP contribution in [-0.2, 0) is 0 Å². The molecule has 0 saturated heterocycles. The van der Waals surface area contributed by atoms with Crippen molar-refractivity contribution in [3.05, 3.63) is 35.6 Å². The zero-order valence-electron chi connectivity index (χ0n) is 10.0. The molecule has 2 aromatic rings. The SMILES string of the molecule is CCC(CC#N)c1cncc(Sc2nccs2)c1. The Hall–Kier alpha value is -1.38. The van der Waals surface area contributed by atoms with Gasteiger partial charge in [0.25, 0.3) is 0 Å². The summed E-state index contributed by atoms with van der Waals surface area (Å²) >= 11 is 3.24. The van der Waals surface area contributed by atoms with E-state index in [1.54, 1.807) is 29.3 Å². The van der Waals surface area contributed by atoms with E-state index in [4.69, 9.17) is 5.26 Å². The first-order valence-corrected chi connectivity index (χ1v) is 7.42. The van der Waals surface area contributed by atoms with E-state index in [1.165, 1.54) is 0 Å². The maximum Gasteiger partial charge on any atom is 0.154 e. The molecule has 5 heteroatoms. The smallest absolute Gasteiger partial charge is 0.154 e. The second-order valence-electron chi connectivity index (χ2n) is 3.82. The quantitative estimate of drug-likeness (QED) is 0.824. The van der Waals surface area contributed by atoms with Crippen LogP contribution in [0.2, 0.25) is 0 Å². The van der Waals surface area contributed by atoms with Crippen LogP contribution in [0.25, 0.3) is 0 Å². The van der Waals surface area contributed by atoms with Crippen LogP contribution in [0.4, 0.5) is 0 Å². The van der Waals surface area contributed by atoms with Gasteiger partial charge in [-0.2, -0.15) is 5.26 Å². The monoisotopic (exact) mass is 275 g/mol. The largest absolute Gasteiger partial charge is 0.263 e. The Morgan fingerprint density at radius 3 is 3.06 bits per heavy atom. The summed E-state index contributed by atoms with van der Waals surface area (Å²) in [4.78, 5) is 9.59. The van der Waals surface area contributed by atoms with Gasteiger partial charge in [-0.05, 0) is 24.0 Å². The minimum Gasteiger partial charge on any atom is -0.263 e. The third kappa shape index (κ3) is 3.31. The van der Waals surface area contributed by atoms with Gasteiger partial charge < -0.3 is 0 Å². The average molecular weight is 275 g/mol. The fourth-order valence-corrected chi connectivity index (χ4v) is 3.32. The number of hydrogen-bond acceptors (Lipinski definition) is 5. The van der Waals surface area contributed by atoms with Gasteiger partial charge in [0.15, 0.2) is 4.34 Å². The third-order valence-corrected chi connectivity index (χ3v) is 4.49. The lowest BCUT2D eigenvalue weighted by Gasteiger charge is -2.11. The predicted molar refractivity (Wildman–Crippen MR) is 73.7 cm³/mol. The molecule has 0 amide bonds. The second-order valence-corrected chi connectivity index (χ2v) is 6.04. The molecule has 0 N–H and O–H groups in total. The third-order valence-electron chi connectivity index (χ3n) is 2.65. The Bertz CT molecular complexity index is 531. The molecule has 0 saturated carbocycles. The summed E-state index contributed by atoms with van der Waals surface area (Å²) in [5.74, 6) is 0.277. The number of pyridine rings is 1. The second kappa shape index (κ2) is 6.53. The van der Waals surface area contributed by atoms with E-state index < -0.39 is 0 Å². The van der Waals surface area contributed by atoms with E-state index in [0.717, 1.165) is 21.2 Å². The first-order valence-electron chi connectivity index (χ1n) is 5.72. The van der Waals surface area contributed by atoms with Gasteiger partial charge in [-0.3, -0.25) is 4.98 Å². The van der Waals surface area contributed by atoms with Crippen LogP contribution in [0.1, 0.15) is 31.2 Å². The lowest BCUT2D eigenvalue weighted by atomic mass is 9.95. The number of nitrogens with zero attached hydrogens (tertiary/aromatic N) is 3. The van der Waals surface area contributed by atoms with Gasteiger partial charge in [-0.15, -0.1) is 11.3 Å². The van der Waals surface area contributed by atoms with Crippen LogP contribution in [-0.4, -0.2) is 9.97 Å². The van der Waals surface area contributed by atoms with E-state index in [0.29, 0.717) is 6.42 Å². The highest BCUT2D eigenvalue weighted by Gasteiger charge is 2.10. The summed E-state index contributed by atoms with van der Waals surface area (Å²) in [7, 11) is 0. The molecule has 18 heavy (non-hydrogen) atoms. The summed E-state index contributed by atoms with van der Waals surface area (Å²) in [5.41, 5.74) is 1.14. The van der Waals surface area contributed by atoms with Gasteiger partial charge in [0, 0.05) is 35.3 Å². The molecular weight excluding hydrogens is 262 g/mol. The van der Waals surface area contributed by atoms with Gasteiger partial charge in [-0.25, -0.2) is 4.98 Å². The predicted octanol–water partition coefficient (Wildman–Crippen LogP) is 4.10. The first kappa shape index (κ1) is 13.1. The molecule has 0 spiro atoms. The molecule has 1 unspecified atom stereocenters. The first-order chi connectivity index (χ1) is 8.83. The fourth-order valence-electron chi connectivity index (χ4n) is 1.68. The lowest BCUT2D eigenvalue weighted by molar-refractivity contribution is 0.675. The molecule has 2 aromatic heterocycles. The highest BCUT2D eigenvalue weighted by Crippen LogP contribution is 2.31. The van der Waals surface area contributed by atoms with Gasteiger partial charge >= 0.3 is 0 Å². The summed E-state index contributed by atoms with van der Waals surface area (Å²) in [6, 6.07) is 4.35. The summed E-state index contributed by atoms with van der Waals surface area (Å²) in [6.45, 7) is 2.10. The van der Waals surface area contributed by atoms with E-state index in [-0.39, 0.29) is 5.92 Å². The average Bonchev–Trinajstić information content (AvgIpc) is 2.89. The molecule has 2 heterocycles. The minimum atomic E-state index is 0.277. The van der Waals surface area contributed by atoms with Gasteiger partial charge in [-0.1, -0.05) is 18.7 Å². The molecule has 1 atom stereocenters. The standard InChI is InChI=1S/C13H13N3S2/c1-2-10(3-4-14)11-7-12(9-15-8-11)18-13-16-5-6-17-13/h5-10H,2-3H2,1H3. The van der Waals surface area contributed by atoms with Crippen molar-refractivity contribution in [2.45, 2.75) is 34.9 Å². The highest BCUT2D eigenvalue weighted by molar-refractivity contribution is 8.01. The van der Waals surface area contributed by atoms with E-state index in [9.17, 15) is 0 Å². The van der Waals surface area contributed by atoms with Gasteiger partial charge in [0.1, 0.15) is 0 Å². The topological polar surface area (TPSA) is 49.6 Å². The number of hydrogen-bond donors (Lipinski definition) is 0. The molecule has 0 aliphatic heterocycles. The van der Waals surface area contributed by atoms with Crippen LogP contribution in [0.5, 0.6) is 0 Å². The Kier molecular flexibility index (Phi) is 4.73. The molecule has 3 nitrogen and oxygen atoms in total. The molecular formula is C13H13N3S2. The summed E-state index contributed by atoms with van der Waals surface area (Å²) in [5, 5.41) is 10.8. The van der Waals surface area contributed by atoms with Crippen molar-refractivity contribution in [1.29, 1.82) is 5.26 Å². The normalized spacial score (nSPS) is 12.0. The molecule has 0 aliphatic rings. The van der Waals surface area contributed by atoms with Crippen molar-refractivity contribution < 1.29 is 0 Å². The van der Waals surface area contributed by atoms with Crippen molar-refractivity contribution in [2.24, 2.45) is 0 Å². The van der Waals surface area contributed by atoms with Crippen molar-refractivity contribution in [2.75, 3.05) is 0 Å². The summed E-state index contributed by atoms with van der Waals surface area (Å²) < 4.78 is 1.02. The van der Waals surface area contributed by atoms with Crippen LogP contribution in [0.3, 0.4) is 0 Å². The lowest BCUT2D eigenvalue weighted by Crippen LogP contribution is -1.97. The molecule has 92 valence electrons. The molecule has 0 bridgehead atoms. The molecule has 0 fully saturated rings. The minimum absolute atomic E-state index is 0.277. The molecule has 0 aromatic carbocycles. The van der Waals surface area contributed by atoms with Gasteiger partial charge in [0.05, 0.1) is 6.07 Å². The van der Waals surface area contributed by atoms with E-state index >= 15 is 0 Å². The van der Waals surface area contributed by atoms with Crippen LogP contribution >= 0.6 is 23.1 Å². The number of aromatic nitrogens is 2. The molecule has 0 radical (unpaired) electrons.